The normalized spacial score (nSPS) is 10.6. The molecule has 0 aliphatic carbocycles. The highest BCUT2D eigenvalue weighted by Crippen LogP contribution is 2.26. The van der Waals surface area contributed by atoms with E-state index in [4.69, 9.17) is 4.74 Å². The fourth-order valence-corrected chi connectivity index (χ4v) is 1.46. The van der Waals surface area contributed by atoms with Gasteiger partial charge in [0.15, 0.2) is 11.5 Å². The van der Waals surface area contributed by atoms with E-state index < -0.39 is 0 Å². The minimum atomic E-state index is 0.147. The van der Waals surface area contributed by atoms with Gasteiger partial charge in [0.05, 0.1) is 7.11 Å². The number of phenolic OH excluding ortho intramolecular Hbond substituents is 1. The lowest BCUT2D eigenvalue weighted by Gasteiger charge is -2.03. The summed E-state index contributed by atoms with van der Waals surface area (Å²) in [6, 6.07) is 9.08. The maximum Gasteiger partial charge on any atom is 0.161 e. The molecule has 0 unspecified atom stereocenters. The van der Waals surface area contributed by atoms with E-state index in [1.165, 1.54) is 7.11 Å². The number of pyridine rings is 1. The molecule has 1 N–H and O–H groups in total. The Bertz CT molecular complexity index is 521. The fraction of sp³-hybridized carbons (Fsp3) is 0.0714. The maximum atomic E-state index is 9.46. The number of rotatable bonds is 3. The first-order valence-electron chi connectivity index (χ1n) is 5.25. The first-order chi connectivity index (χ1) is 8.29. The monoisotopic (exact) mass is 227 g/mol. The molecule has 1 aromatic heterocycles. The standard InChI is InChI=1S/C14H13NO2/c1-17-14-10-12(4-5-13(14)16)3-2-11-6-8-15-9-7-11/h2-10,16H,1H3. The van der Waals surface area contributed by atoms with Gasteiger partial charge in [-0.05, 0) is 35.4 Å². The zero-order chi connectivity index (χ0) is 12.1. The summed E-state index contributed by atoms with van der Waals surface area (Å²) >= 11 is 0. The zero-order valence-corrected chi connectivity index (χ0v) is 9.50. The molecule has 3 heteroatoms. The fourth-order valence-electron chi connectivity index (χ4n) is 1.46. The van der Waals surface area contributed by atoms with Crippen molar-refractivity contribution in [2.45, 2.75) is 0 Å². The van der Waals surface area contributed by atoms with Crippen LogP contribution in [0.1, 0.15) is 11.1 Å². The molecule has 0 radical (unpaired) electrons. The third-order valence-corrected chi connectivity index (χ3v) is 2.38. The number of ether oxygens (including phenoxy) is 1. The van der Waals surface area contributed by atoms with Crippen molar-refractivity contribution in [3.8, 4) is 11.5 Å². The molecule has 0 amide bonds. The van der Waals surface area contributed by atoms with E-state index in [2.05, 4.69) is 4.98 Å². The quantitative estimate of drug-likeness (QED) is 0.876. The van der Waals surface area contributed by atoms with Gasteiger partial charge in [-0.25, -0.2) is 0 Å². The van der Waals surface area contributed by atoms with Crippen molar-refractivity contribution in [3.63, 3.8) is 0 Å². The van der Waals surface area contributed by atoms with Crippen LogP contribution >= 0.6 is 0 Å². The number of nitrogens with zero attached hydrogens (tertiary/aromatic N) is 1. The van der Waals surface area contributed by atoms with Crippen molar-refractivity contribution in [1.82, 2.24) is 4.98 Å². The Kier molecular flexibility index (Phi) is 3.40. The van der Waals surface area contributed by atoms with E-state index in [-0.39, 0.29) is 5.75 Å². The molecule has 0 saturated carbocycles. The third kappa shape index (κ3) is 2.84. The molecule has 2 aromatic rings. The van der Waals surface area contributed by atoms with Crippen LogP contribution in [0.4, 0.5) is 0 Å². The van der Waals surface area contributed by atoms with Crippen LogP contribution in [0, 0.1) is 0 Å². The molecular formula is C14H13NO2. The predicted molar refractivity (Wildman–Crippen MR) is 67.8 cm³/mol. The minimum absolute atomic E-state index is 0.147. The smallest absolute Gasteiger partial charge is 0.161 e. The zero-order valence-electron chi connectivity index (χ0n) is 9.50. The molecule has 2 rings (SSSR count). The molecule has 0 saturated heterocycles. The maximum absolute atomic E-state index is 9.46. The van der Waals surface area contributed by atoms with E-state index in [1.807, 2.05) is 30.4 Å². The van der Waals surface area contributed by atoms with Crippen molar-refractivity contribution >= 4 is 12.2 Å². The van der Waals surface area contributed by atoms with Gasteiger partial charge < -0.3 is 9.84 Å². The second-order valence-corrected chi connectivity index (χ2v) is 3.55. The van der Waals surface area contributed by atoms with Gasteiger partial charge in [0.1, 0.15) is 0 Å². The number of aromatic hydroxyl groups is 1. The van der Waals surface area contributed by atoms with Crippen LogP contribution in [0.2, 0.25) is 0 Å². The molecular weight excluding hydrogens is 214 g/mol. The lowest BCUT2D eigenvalue weighted by molar-refractivity contribution is 0.373. The van der Waals surface area contributed by atoms with E-state index in [0.717, 1.165) is 11.1 Å². The van der Waals surface area contributed by atoms with Crippen LogP contribution in [0.25, 0.3) is 12.2 Å². The molecule has 0 fully saturated rings. The summed E-state index contributed by atoms with van der Waals surface area (Å²) in [5.74, 6) is 0.621. The Balaban J connectivity index is 2.22. The van der Waals surface area contributed by atoms with Gasteiger partial charge in [0, 0.05) is 12.4 Å². The molecule has 0 aliphatic rings. The number of hydrogen-bond donors (Lipinski definition) is 1. The Labute approximate surface area is 100 Å². The molecule has 0 atom stereocenters. The van der Waals surface area contributed by atoms with Gasteiger partial charge in [-0.1, -0.05) is 18.2 Å². The van der Waals surface area contributed by atoms with Gasteiger partial charge in [-0.2, -0.15) is 0 Å². The Morgan fingerprint density at radius 1 is 1.06 bits per heavy atom. The minimum Gasteiger partial charge on any atom is -0.504 e. The summed E-state index contributed by atoms with van der Waals surface area (Å²) < 4.78 is 5.04. The predicted octanol–water partition coefficient (Wildman–Crippen LogP) is 2.97. The van der Waals surface area contributed by atoms with Crippen molar-refractivity contribution in [2.24, 2.45) is 0 Å². The molecule has 0 spiro atoms. The summed E-state index contributed by atoms with van der Waals surface area (Å²) in [5, 5.41) is 9.46. The van der Waals surface area contributed by atoms with Crippen LogP contribution in [0.3, 0.4) is 0 Å². The van der Waals surface area contributed by atoms with Gasteiger partial charge in [0.25, 0.3) is 0 Å². The van der Waals surface area contributed by atoms with Crippen LogP contribution < -0.4 is 4.74 Å². The molecule has 1 aromatic carbocycles. The van der Waals surface area contributed by atoms with E-state index >= 15 is 0 Å². The Morgan fingerprint density at radius 2 is 1.76 bits per heavy atom. The highest BCUT2D eigenvalue weighted by Gasteiger charge is 1.99. The second-order valence-electron chi connectivity index (χ2n) is 3.55. The number of phenols is 1. The summed E-state index contributed by atoms with van der Waals surface area (Å²) in [6.07, 6.45) is 7.43. The number of aromatic nitrogens is 1. The first-order valence-corrected chi connectivity index (χ1v) is 5.25. The average Bonchev–Trinajstić information content (AvgIpc) is 2.39. The van der Waals surface area contributed by atoms with Crippen molar-refractivity contribution in [2.75, 3.05) is 7.11 Å². The number of methoxy groups -OCH3 is 1. The highest BCUT2D eigenvalue weighted by atomic mass is 16.5. The SMILES string of the molecule is COc1cc(C=Cc2ccncc2)ccc1O. The summed E-state index contributed by atoms with van der Waals surface area (Å²) in [4.78, 5) is 3.95. The van der Waals surface area contributed by atoms with E-state index in [0.29, 0.717) is 5.75 Å². The third-order valence-electron chi connectivity index (χ3n) is 2.38. The van der Waals surface area contributed by atoms with Crippen LogP contribution in [0.15, 0.2) is 42.7 Å². The van der Waals surface area contributed by atoms with Gasteiger partial charge in [-0.3, -0.25) is 4.98 Å². The summed E-state index contributed by atoms with van der Waals surface area (Å²) in [7, 11) is 1.53. The molecule has 0 aliphatic heterocycles. The Morgan fingerprint density at radius 3 is 2.47 bits per heavy atom. The number of hydrogen-bond acceptors (Lipinski definition) is 3. The highest BCUT2D eigenvalue weighted by molar-refractivity contribution is 5.70. The molecule has 1 heterocycles. The lowest BCUT2D eigenvalue weighted by Crippen LogP contribution is -1.84. The Hall–Kier alpha value is -2.29. The average molecular weight is 227 g/mol. The summed E-state index contributed by atoms with van der Waals surface area (Å²) in [6.45, 7) is 0. The van der Waals surface area contributed by atoms with Gasteiger partial charge in [0.2, 0.25) is 0 Å². The van der Waals surface area contributed by atoms with Crippen LogP contribution in [-0.2, 0) is 0 Å². The van der Waals surface area contributed by atoms with Gasteiger partial charge in [-0.15, -0.1) is 0 Å². The van der Waals surface area contributed by atoms with Gasteiger partial charge >= 0.3 is 0 Å². The molecule has 86 valence electrons. The molecule has 17 heavy (non-hydrogen) atoms. The van der Waals surface area contributed by atoms with Crippen molar-refractivity contribution in [1.29, 1.82) is 0 Å². The number of benzene rings is 1. The van der Waals surface area contributed by atoms with Crippen LogP contribution in [0.5, 0.6) is 11.5 Å². The van der Waals surface area contributed by atoms with Crippen LogP contribution in [-0.4, -0.2) is 17.2 Å². The van der Waals surface area contributed by atoms with E-state index in [9.17, 15) is 5.11 Å². The lowest BCUT2D eigenvalue weighted by atomic mass is 10.1. The first kappa shape index (κ1) is 11.2. The molecule has 3 nitrogen and oxygen atoms in total. The van der Waals surface area contributed by atoms with Crippen molar-refractivity contribution < 1.29 is 9.84 Å². The largest absolute Gasteiger partial charge is 0.504 e. The van der Waals surface area contributed by atoms with E-state index in [1.54, 1.807) is 24.5 Å². The van der Waals surface area contributed by atoms with Crippen molar-refractivity contribution in [3.05, 3.63) is 53.9 Å². The second kappa shape index (κ2) is 5.16. The molecule has 0 bridgehead atoms. The topological polar surface area (TPSA) is 42.4 Å². The summed E-state index contributed by atoms with van der Waals surface area (Å²) in [5.41, 5.74) is 2.04.